The molecule has 2 aliphatic rings. The van der Waals surface area contributed by atoms with Crippen LogP contribution in [0.4, 0.5) is 8.78 Å². The number of hydrogen-bond acceptors (Lipinski definition) is 2. The van der Waals surface area contributed by atoms with Crippen molar-refractivity contribution >= 4 is 0 Å². The van der Waals surface area contributed by atoms with Crippen molar-refractivity contribution in [1.82, 2.24) is 10.2 Å². The number of nitrogens with zero attached hydrogens (tertiary/aromatic N) is 1. The van der Waals surface area contributed by atoms with Gasteiger partial charge < -0.3 is 5.32 Å². The molecular formula is C11H20F2N2. The number of alkyl halides is 2. The van der Waals surface area contributed by atoms with E-state index in [1.165, 1.54) is 0 Å². The Morgan fingerprint density at radius 2 is 1.93 bits per heavy atom. The van der Waals surface area contributed by atoms with E-state index in [-0.39, 0.29) is 12.8 Å². The summed E-state index contributed by atoms with van der Waals surface area (Å²) in [5, 5.41) is 3.33. The molecule has 1 saturated heterocycles. The number of hydrogen-bond donors (Lipinski definition) is 1. The molecule has 1 saturated carbocycles. The molecule has 2 fully saturated rings. The first-order valence-corrected chi connectivity index (χ1v) is 5.93. The standard InChI is InChI=1S/C11H20F2N2/c1-9-8-14-6-7-15(9)10-2-4-11(12,13)5-3-10/h9-10,14H,2-8H2,1H3. The van der Waals surface area contributed by atoms with Gasteiger partial charge in [-0.15, -0.1) is 0 Å². The van der Waals surface area contributed by atoms with Gasteiger partial charge in [0.15, 0.2) is 0 Å². The van der Waals surface area contributed by atoms with Crippen LogP contribution < -0.4 is 5.32 Å². The first-order chi connectivity index (χ1) is 7.08. The maximum absolute atomic E-state index is 13.0. The summed E-state index contributed by atoms with van der Waals surface area (Å²) in [6.07, 6.45) is 1.48. The molecule has 0 bridgehead atoms. The smallest absolute Gasteiger partial charge is 0.248 e. The molecule has 2 rings (SSSR count). The zero-order chi connectivity index (χ0) is 10.9. The third-order valence-electron chi connectivity index (χ3n) is 3.71. The fraction of sp³-hybridized carbons (Fsp3) is 1.00. The molecule has 1 unspecified atom stereocenters. The highest BCUT2D eigenvalue weighted by Crippen LogP contribution is 2.35. The van der Waals surface area contributed by atoms with Crippen LogP contribution in [0.1, 0.15) is 32.6 Å². The molecule has 1 N–H and O–H groups in total. The van der Waals surface area contributed by atoms with Gasteiger partial charge in [-0.25, -0.2) is 8.78 Å². The minimum atomic E-state index is -2.40. The van der Waals surface area contributed by atoms with Crippen molar-refractivity contribution in [2.75, 3.05) is 19.6 Å². The van der Waals surface area contributed by atoms with Crippen LogP contribution in [0.15, 0.2) is 0 Å². The van der Waals surface area contributed by atoms with E-state index in [2.05, 4.69) is 17.1 Å². The van der Waals surface area contributed by atoms with E-state index in [1.807, 2.05) is 0 Å². The van der Waals surface area contributed by atoms with Gasteiger partial charge in [0.2, 0.25) is 5.92 Å². The highest BCUT2D eigenvalue weighted by Gasteiger charge is 2.38. The molecule has 0 aromatic rings. The highest BCUT2D eigenvalue weighted by atomic mass is 19.3. The predicted molar refractivity (Wildman–Crippen MR) is 56.2 cm³/mol. The van der Waals surface area contributed by atoms with E-state index in [0.29, 0.717) is 24.9 Å². The lowest BCUT2D eigenvalue weighted by Gasteiger charge is -2.42. The fourth-order valence-corrected chi connectivity index (χ4v) is 2.76. The topological polar surface area (TPSA) is 15.3 Å². The minimum absolute atomic E-state index is 0.0777. The second-order valence-electron chi connectivity index (χ2n) is 4.88. The van der Waals surface area contributed by atoms with Crippen LogP contribution in [-0.4, -0.2) is 42.5 Å². The SMILES string of the molecule is CC1CNCCN1C1CCC(F)(F)CC1. The predicted octanol–water partition coefficient (Wildman–Crippen LogP) is 1.86. The van der Waals surface area contributed by atoms with Crippen molar-refractivity contribution in [3.63, 3.8) is 0 Å². The van der Waals surface area contributed by atoms with E-state index in [4.69, 9.17) is 0 Å². The highest BCUT2D eigenvalue weighted by molar-refractivity contribution is 4.88. The van der Waals surface area contributed by atoms with Crippen LogP contribution in [0.3, 0.4) is 0 Å². The van der Waals surface area contributed by atoms with Crippen molar-refractivity contribution in [2.24, 2.45) is 0 Å². The summed E-state index contributed by atoms with van der Waals surface area (Å²) in [6, 6.07) is 0.886. The van der Waals surface area contributed by atoms with Crippen LogP contribution in [0.5, 0.6) is 0 Å². The van der Waals surface area contributed by atoms with Gasteiger partial charge >= 0.3 is 0 Å². The lowest BCUT2D eigenvalue weighted by molar-refractivity contribution is -0.0595. The second kappa shape index (κ2) is 4.34. The van der Waals surface area contributed by atoms with E-state index in [9.17, 15) is 8.78 Å². The molecule has 88 valence electrons. The maximum Gasteiger partial charge on any atom is 0.248 e. The maximum atomic E-state index is 13.0. The van der Waals surface area contributed by atoms with Crippen LogP contribution in [-0.2, 0) is 0 Å². The Labute approximate surface area is 90.0 Å². The lowest BCUT2D eigenvalue weighted by atomic mass is 9.90. The summed E-state index contributed by atoms with van der Waals surface area (Å²) in [5.41, 5.74) is 0. The van der Waals surface area contributed by atoms with Crippen molar-refractivity contribution < 1.29 is 8.78 Å². The molecule has 4 heteroatoms. The summed E-state index contributed by atoms with van der Waals surface area (Å²) in [4.78, 5) is 2.41. The molecule has 0 aromatic heterocycles. The zero-order valence-electron chi connectivity index (χ0n) is 9.31. The van der Waals surface area contributed by atoms with Crippen molar-refractivity contribution in [3.8, 4) is 0 Å². The van der Waals surface area contributed by atoms with Crippen molar-refractivity contribution in [1.29, 1.82) is 0 Å². The van der Waals surface area contributed by atoms with Crippen molar-refractivity contribution in [3.05, 3.63) is 0 Å². The molecule has 2 nitrogen and oxygen atoms in total. The van der Waals surface area contributed by atoms with Gasteiger partial charge in [0.05, 0.1) is 0 Å². The Kier molecular flexibility index (Phi) is 3.26. The first-order valence-electron chi connectivity index (χ1n) is 5.93. The van der Waals surface area contributed by atoms with Gasteiger partial charge in [0, 0.05) is 44.6 Å². The molecule has 0 spiro atoms. The summed E-state index contributed by atoms with van der Waals surface area (Å²) < 4.78 is 26.0. The lowest BCUT2D eigenvalue weighted by Crippen LogP contribution is -2.55. The largest absolute Gasteiger partial charge is 0.314 e. The summed E-state index contributed by atoms with van der Waals surface area (Å²) in [5.74, 6) is -2.40. The normalized spacial score (nSPS) is 34.2. The van der Waals surface area contributed by atoms with E-state index in [1.54, 1.807) is 0 Å². The van der Waals surface area contributed by atoms with Crippen LogP contribution in [0.2, 0.25) is 0 Å². The Balaban J connectivity index is 1.89. The Morgan fingerprint density at radius 1 is 1.27 bits per heavy atom. The average molecular weight is 218 g/mol. The Bertz CT molecular complexity index is 211. The number of halogens is 2. The summed E-state index contributed by atoms with van der Waals surface area (Å²) in [6.45, 7) is 5.18. The Hall–Kier alpha value is -0.220. The number of piperazine rings is 1. The third-order valence-corrected chi connectivity index (χ3v) is 3.71. The minimum Gasteiger partial charge on any atom is -0.314 e. The second-order valence-corrected chi connectivity index (χ2v) is 4.88. The molecular weight excluding hydrogens is 198 g/mol. The zero-order valence-corrected chi connectivity index (χ0v) is 9.31. The third kappa shape index (κ3) is 2.67. The van der Waals surface area contributed by atoms with Gasteiger partial charge in [-0.2, -0.15) is 0 Å². The van der Waals surface area contributed by atoms with Gasteiger partial charge in [-0.05, 0) is 19.8 Å². The number of nitrogens with one attached hydrogen (secondary N) is 1. The monoisotopic (exact) mass is 218 g/mol. The van der Waals surface area contributed by atoms with Crippen LogP contribution in [0, 0.1) is 0 Å². The van der Waals surface area contributed by atoms with Gasteiger partial charge in [0.25, 0.3) is 0 Å². The molecule has 15 heavy (non-hydrogen) atoms. The first kappa shape index (κ1) is 11.3. The summed E-state index contributed by atoms with van der Waals surface area (Å²) in [7, 11) is 0. The van der Waals surface area contributed by atoms with E-state index in [0.717, 1.165) is 19.6 Å². The average Bonchev–Trinajstić information content (AvgIpc) is 2.19. The Morgan fingerprint density at radius 3 is 2.53 bits per heavy atom. The molecule has 1 atom stereocenters. The number of rotatable bonds is 1. The molecule has 1 aliphatic carbocycles. The van der Waals surface area contributed by atoms with Crippen LogP contribution >= 0.6 is 0 Å². The molecule has 0 amide bonds. The summed E-state index contributed by atoms with van der Waals surface area (Å²) >= 11 is 0. The van der Waals surface area contributed by atoms with Gasteiger partial charge in [-0.3, -0.25) is 4.90 Å². The molecule has 1 heterocycles. The quantitative estimate of drug-likeness (QED) is 0.722. The fourth-order valence-electron chi connectivity index (χ4n) is 2.76. The van der Waals surface area contributed by atoms with E-state index < -0.39 is 5.92 Å². The van der Waals surface area contributed by atoms with Crippen LogP contribution in [0.25, 0.3) is 0 Å². The van der Waals surface area contributed by atoms with Gasteiger partial charge in [-0.1, -0.05) is 0 Å². The van der Waals surface area contributed by atoms with Crippen molar-refractivity contribution in [2.45, 2.75) is 50.6 Å². The molecule has 0 aromatic carbocycles. The molecule has 1 aliphatic heterocycles. The van der Waals surface area contributed by atoms with E-state index >= 15 is 0 Å². The molecule has 0 radical (unpaired) electrons. The van der Waals surface area contributed by atoms with Gasteiger partial charge in [0.1, 0.15) is 0 Å².